The summed E-state index contributed by atoms with van der Waals surface area (Å²) in [6, 6.07) is 17.3. The topological polar surface area (TPSA) is 0 Å². The van der Waals surface area contributed by atoms with Gasteiger partial charge in [-0.3, -0.25) is 0 Å². The average molecular weight is 268 g/mol. The molecule has 1 heteroatoms. The van der Waals surface area contributed by atoms with E-state index >= 15 is 0 Å². The summed E-state index contributed by atoms with van der Waals surface area (Å²) in [5.41, 5.74) is 6.19. The first kappa shape index (κ1) is 13.9. The molecule has 98 valence electrons. The van der Waals surface area contributed by atoms with Gasteiger partial charge < -0.3 is 0 Å². The van der Waals surface area contributed by atoms with Crippen LogP contribution in [0.1, 0.15) is 11.1 Å². The van der Waals surface area contributed by atoms with Gasteiger partial charge in [0.05, 0.1) is 0 Å². The van der Waals surface area contributed by atoms with Gasteiger partial charge in [0.2, 0.25) is 0 Å². The van der Waals surface area contributed by atoms with Crippen molar-refractivity contribution in [2.45, 2.75) is 6.92 Å². The van der Waals surface area contributed by atoms with Crippen molar-refractivity contribution in [3.8, 4) is 11.1 Å². The van der Waals surface area contributed by atoms with Gasteiger partial charge in [0.25, 0.3) is 0 Å². The second-order valence-electron chi connectivity index (χ2n) is 5.19. The van der Waals surface area contributed by atoms with Gasteiger partial charge in [-0.15, -0.1) is 7.55 Å². The second-order valence-corrected chi connectivity index (χ2v) is 7.63. The van der Waals surface area contributed by atoms with Gasteiger partial charge in [-0.25, -0.2) is 0 Å². The van der Waals surface area contributed by atoms with Crippen molar-refractivity contribution in [3.05, 3.63) is 66.2 Å². The number of rotatable bonds is 3. The highest BCUT2D eigenvalue weighted by molar-refractivity contribution is 7.56. The van der Waals surface area contributed by atoms with E-state index in [1.165, 1.54) is 22.3 Å². The quantitative estimate of drug-likeness (QED) is 0.691. The summed E-state index contributed by atoms with van der Waals surface area (Å²) in [5.74, 6) is 2.30. The smallest absolute Gasteiger partial charge is 0.0184 e. The van der Waals surface area contributed by atoms with Crippen LogP contribution in [0.3, 0.4) is 0 Å². The van der Waals surface area contributed by atoms with Crippen molar-refractivity contribution in [2.24, 2.45) is 0 Å². The first-order valence-electron chi connectivity index (χ1n) is 6.57. The molecule has 0 nitrogen and oxygen atoms in total. The number of allylic oxidation sites excluding steroid dienone is 1. The Balaban J connectivity index is 2.26. The van der Waals surface area contributed by atoms with Crippen molar-refractivity contribution in [1.82, 2.24) is 0 Å². The molecule has 0 saturated heterocycles. The molecule has 0 N–H and O–H groups in total. The van der Waals surface area contributed by atoms with E-state index in [2.05, 4.69) is 81.2 Å². The highest BCUT2D eigenvalue weighted by Crippen LogP contribution is 2.23. The van der Waals surface area contributed by atoms with Crippen LogP contribution < -0.4 is 0 Å². The van der Waals surface area contributed by atoms with Crippen LogP contribution in [0.5, 0.6) is 0 Å². The lowest BCUT2D eigenvalue weighted by Crippen LogP contribution is -1.84. The van der Waals surface area contributed by atoms with Crippen molar-refractivity contribution >= 4 is 18.9 Å². The molecule has 0 heterocycles. The van der Waals surface area contributed by atoms with Gasteiger partial charge in [-0.2, -0.15) is 0 Å². The number of hydrogen-bond acceptors (Lipinski definition) is 0. The Morgan fingerprint density at radius 1 is 0.895 bits per heavy atom. The first-order valence-corrected chi connectivity index (χ1v) is 9.15. The molecule has 0 unspecified atom stereocenters. The molecular weight excluding hydrogens is 247 g/mol. The highest BCUT2D eigenvalue weighted by atomic mass is 31.1. The fraction of sp³-hybridized carbons (Fsp3) is 0.167. The van der Waals surface area contributed by atoms with E-state index in [-0.39, 0.29) is 7.55 Å². The summed E-state index contributed by atoms with van der Waals surface area (Å²) in [4.78, 5) is 0. The highest BCUT2D eigenvalue weighted by Gasteiger charge is 1.99. The molecule has 0 spiro atoms. The summed E-state index contributed by atoms with van der Waals surface area (Å²) in [6.45, 7) is 10.8. The van der Waals surface area contributed by atoms with E-state index in [1.807, 2.05) is 0 Å². The third-order valence-corrected chi connectivity index (χ3v) is 4.03. The maximum Gasteiger partial charge on any atom is -0.0184 e. The van der Waals surface area contributed by atoms with Gasteiger partial charge in [0.1, 0.15) is 0 Å². The largest absolute Gasteiger partial charge is 0.123 e. The maximum absolute atomic E-state index is 4.15. The summed E-state index contributed by atoms with van der Waals surface area (Å²) < 4.78 is 0. The molecule has 2 aromatic rings. The minimum atomic E-state index is -0.372. The lowest BCUT2D eigenvalue weighted by Gasteiger charge is -2.06. The Morgan fingerprint density at radius 3 is 1.84 bits per heavy atom. The number of hydrogen-bond donors (Lipinski definition) is 0. The molecule has 0 atom stereocenters. The molecule has 0 amide bonds. The Kier molecular flexibility index (Phi) is 4.45. The third-order valence-electron chi connectivity index (χ3n) is 3.10. The Bertz CT molecular complexity index is 597. The molecule has 0 radical (unpaired) electrons. The molecule has 2 rings (SSSR count). The van der Waals surface area contributed by atoms with E-state index < -0.39 is 0 Å². The van der Waals surface area contributed by atoms with E-state index in [4.69, 9.17) is 0 Å². The van der Waals surface area contributed by atoms with E-state index in [9.17, 15) is 0 Å². The fourth-order valence-corrected chi connectivity index (χ4v) is 2.92. The summed E-state index contributed by atoms with van der Waals surface area (Å²) in [7, 11) is -0.372. The molecule has 2 aromatic carbocycles. The monoisotopic (exact) mass is 268 g/mol. The van der Waals surface area contributed by atoms with Crippen LogP contribution in [0.4, 0.5) is 0 Å². The van der Waals surface area contributed by atoms with Crippen molar-refractivity contribution in [2.75, 3.05) is 13.3 Å². The van der Waals surface area contributed by atoms with E-state index in [0.717, 1.165) is 5.57 Å². The van der Waals surface area contributed by atoms with Crippen LogP contribution in [0.25, 0.3) is 16.7 Å². The molecule has 0 aromatic heterocycles. The zero-order chi connectivity index (χ0) is 13.8. The third kappa shape index (κ3) is 3.72. The predicted octanol–water partition coefficient (Wildman–Crippen LogP) is 4.95. The molecule has 0 aliphatic heterocycles. The van der Waals surface area contributed by atoms with Gasteiger partial charge in [0, 0.05) is 0 Å². The molecule has 0 saturated carbocycles. The summed E-state index contributed by atoms with van der Waals surface area (Å²) in [6.07, 6.45) is 0. The van der Waals surface area contributed by atoms with Crippen molar-refractivity contribution < 1.29 is 0 Å². The SMILES string of the molecule is C=C(C=[PH](C)C)c1ccc(-c2ccc(C)cc2)cc1. The van der Waals surface area contributed by atoms with Crippen molar-refractivity contribution in [1.29, 1.82) is 0 Å². The van der Waals surface area contributed by atoms with Gasteiger partial charge in [0.15, 0.2) is 0 Å². The Morgan fingerprint density at radius 2 is 1.37 bits per heavy atom. The number of aryl methyl sites for hydroxylation is 1. The van der Waals surface area contributed by atoms with Gasteiger partial charge in [-0.1, -0.05) is 66.5 Å². The first-order chi connectivity index (χ1) is 9.06. The zero-order valence-electron chi connectivity index (χ0n) is 11.9. The van der Waals surface area contributed by atoms with Crippen LogP contribution >= 0.6 is 7.55 Å². The summed E-state index contributed by atoms with van der Waals surface area (Å²) in [5, 5.41) is 0. The molecule has 0 aliphatic carbocycles. The summed E-state index contributed by atoms with van der Waals surface area (Å²) >= 11 is 0. The van der Waals surface area contributed by atoms with Crippen LogP contribution in [0.15, 0.2) is 55.1 Å². The maximum atomic E-state index is 4.15. The van der Waals surface area contributed by atoms with Crippen LogP contribution in [0.2, 0.25) is 0 Å². The van der Waals surface area contributed by atoms with E-state index in [0.29, 0.717) is 0 Å². The van der Waals surface area contributed by atoms with Crippen LogP contribution in [-0.2, 0) is 0 Å². The molecular formula is C18H21P. The Labute approximate surface area is 117 Å². The molecule has 0 bridgehead atoms. The van der Waals surface area contributed by atoms with Gasteiger partial charge in [-0.05, 0) is 42.5 Å². The molecule has 0 fully saturated rings. The zero-order valence-corrected chi connectivity index (χ0v) is 12.9. The minimum Gasteiger partial charge on any atom is -0.123 e. The molecule has 19 heavy (non-hydrogen) atoms. The van der Waals surface area contributed by atoms with Crippen LogP contribution in [0, 0.1) is 6.92 Å². The van der Waals surface area contributed by atoms with Crippen LogP contribution in [-0.4, -0.2) is 19.1 Å². The average Bonchev–Trinajstić information content (AvgIpc) is 2.39. The van der Waals surface area contributed by atoms with E-state index in [1.54, 1.807) is 0 Å². The Hall–Kier alpha value is -1.52. The normalized spacial score (nSPS) is 10.5. The van der Waals surface area contributed by atoms with Gasteiger partial charge >= 0.3 is 0 Å². The minimum absolute atomic E-state index is 0.372. The van der Waals surface area contributed by atoms with Crippen molar-refractivity contribution in [3.63, 3.8) is 0 Å². The lowest BCUT2D eigenvalue weighted by atomic mass is 10.0. The predicted molar refractivity (Wildman–Crippen MR) is 91.9 cm³/mol. The standard InChI is InChI=1S/C18H21P/c1-14-5-7-17(8-6-14)18-11-9-16(10-12-18)15(2)13-19(3)4/h5-13,19H,2H2,1,3-4H3. The second kappa shape index (κ2) is 6.08. The molecule has 0 aliphatic rings. The fourth-order valence-electron chi connectivity index (χ4n) is 2.05. The lowest BCUT2D eigenvalue weighted by molar-refractivity contribution is 1.47. The number of benzene rings is 2.